The number of fused-ring (bicyclic) bond motifs is 1. The van der Waals surface area contributed by atoms with Crippen molar-refractivity contribution in [1.29, 1.82) is 0 Å². The fourth-order valence-corrected chi connectivity index (χ4v) is 5.96. The number of ether oxygens (including phenoxy) is 2. The van der Waals surface area contributed by atoms with E-state index >= 15 is 0 Å². The number of carbonyl (C=O) groups excluding carboxylic acids is 2. The summed E-state index contributed by atoms with van der Waals surface area (Å²) in [5, 5.41) is 3.11. The van der Waals surface area contributed by atoms with Crippen molar-refractivity contribution in [2.75, 3.05) is 29.5 Å². The molecule has 0 saturated carbocycles. The minimum atomic E-state index is -3.76. The third-order valence-corrected chi connectivity index (χ3v) is 7.70. The zero-order valence-electron chi connectivity index (χ0n) is 18.7. The minimum absolute atomic E-state index is 0.319. The molecule has 1 aromatic heterocycles. The summed E-state index contributed by atoms with van der Waals surface area (Å²) < 4.78 is 36.6. The first kappa shape index (κ1) is 23.8. The average molecular weight is 501 g/mol. The van der Waals surface area contributed by atoms with E-state index in [1.54, 1.807) is 24.3 Å². The van der Waals surface area contributed by atoms with E-state index in [0.29, 0.717) is 27.8 Å². The second-order valence-corrected chi connectivity index (χ2v) is 10.8. The average Bonchev–Trinajstić information content (AvgIpc) is 3.38. The molecule has 0 bridgehead atoms. The molecule has 10 heteroatoms. The zero-order chi connectivity index (χ0) is 24.3. The highest BCUT2D eigenvalue weighted by molar-refractivity contribution is 7.92. The molecule has 1 aliphatic carbocycles. The Hall–Kier alpha value is -3.37. The SMILES string of the molecule is COC(=O)c1c(NC(=O)CN(c2ccc(Oc3ccccc3)cc2)S(C)(=O)=O)sc2c1CCC2. The van der Waals surface area contributed by atoms with Gasteiger partial charge in [-0.3, -0.25) is 9.10 Å². The lowest BCUT2D eigenvalue weighted by Crippen LogP contribution is -2.37. The van der Waals surface area contributed by atoms with Gasteiger partial charge in [0.1, 0.15) is 23.0 Å². The summed E-state index contributed by atoms with van der Waals surface area (Å²) in [6.45, 7) is -0.444. The summed E-state index contributed by atoms with van der Waals surface area (Å²) in [5.41, 5.74) is 1.59. The number of methoxy groups -OCH3 is 1. The number of rotatable bonds is 8. The van der Waals surface area contributed by atoms with Crippen molar-refractivity contribution in [1.82, 2.24) is 0 Å². The Balaban J connectivity index is 1.51. The van der Waals surface area contributed by atoms with Crippen LogP contribution < -0.4 is 14.4 Å². The van der Waals surface area contributed by atoms with E-state index in [0.717, 1.165) is 40.3 Å². The standard InChI is InChI=1S/C24H24N2O6S2/c1-31-24(28)22-19-9-6-10-20(19)33-23(22)25-21(27)15-26(34(2,29)30)16-11-13-18(14-12-16)32-17-7-4-3-5-8-17/h3-5,7-8,11-14H,6,9-10,15H2,1-2H3,(H,25,27). The number of hydrogen-bond donors (Lipinski definition) is 1. The number of aryl methyl sites for hydroxylation is 1. The van der Waals surface area contributed by atoms with Crippen LogP contribution in [0.4, 0.5) is 10.7 Å². The molecule has 1 amide bonds. The lowest BCUT2D eigenvalue weighted by Gasteiger charge is -2.22. The van der Waals surface area contributed by atoms with Gasteiger partial charge in [0.2, 0.25) is 15.9 Å². The van der Waals surface area contributed by atoms with Crippen LogP contribution in [0.2, 0.25) is 0 Å². The fourth-order valence-electron chi connectivity index (χ4n) is 3.81. The third-order valence-electron chi connectivity index (χ3n) is 5.35. The summed E-state index contributed by atoms with van der Waals surface area (Å²) in [6.07, 6.45) is 3.57. The molecule has 1 N–H and O–H groups in total. The van der Waals surface area contributed by atoms with Crippen LogP contribution in [0.15, 0.2) is 54.6 Å². The minimum Gasteiger partial charge on any atom is -0.465 e. The molecule has 4 rings (SSSR count). The summed E-state index contributed by atoms with van der Waals surface area (Å²) in [7, 11) is -2.47. The molecule has 0 aliphatic heterocycles. The molecule has 0 saturated heterocycles. The number of anilines is 2. The number of sulfonamides is 1. The molecule has 1 aliphatic rings. The molecule has 8 nitrogen and oxygen atoms in total. The molecule has 178 valence electrons. The lowest BCUT2D eigenvalue weighted by atomic mass is 10.1. The van der Waals surface area contributed by atoms with E-state index in [-0.39, 0.29) is 0 Å². The van der Waals surface area contributed by atoms with Gasteiger partial charge in [0.15, 0.2) is 0 Å². The Labute approximate surface area is 202 Å². The third kappa shape index (κ3) is 5.23. The number of nitrogens with one attached hydrogen (secondary N) is 1. The monoisotopic (exact) mass is 500 g/mol. The molecule has 0 atom stereocenters. The van der Waals surface area contributed by atoms with Crippen LogP contribution in [-0.2, 0) is 32.4 Å². The van der Waals surface area contributed by atoms with Gasteiger partial charge in [-0.1, -0.05) is 18.2 Å². The van der Waals surface area contributed by atoms with Gasteiger partial charge in [-0.2, -0.15) is 0 Å². The Morgan fingerprint density at radius 2 is 1.71 bits per heavy atom. The van der Waals surface area contributed by atoms with Crippen LogP contribution in [-0.4, -0.2) is 40.2 Å². The van der Waals surface area contributed by atoms with Gasteiger partial charge < -0.3 is 14.8 Å². The molecular weight excluding hydrogens is 476 g/mol. The van der Waals surface area contributed by atoms with E-state index in [9.17, 15) is 18.0 Å². The number of thiophene rings is 1. The van der Waals surface area contributed by atoms with E-state index in [2.05, 4.69) is 5.32 Å². The smallest absolute Gasteiger partial charge is 0.341 e. The maximum absolute atomic E-state index is 12.9. The van der Waals surface area contributed by atoms with E-state index in [1.807, 2.05) is 30.3 Å². The largest absolute Gasteiger partial charge is 0.465 e. The maximum atomic E-state index is 12.9. The van der Waals surface area contributed by atoms with Crippen LogP contribution in [0.3, 0.4) is 0 Å². The number of benzene rings is 2. The van der Waals surface area contributed by atoms with Crippen molar-refractivity contribution in [3.8, 4) is 11.5 Å². The second kappa shape index (κ2) is 9.86. The summed E-state index contributed by atoms with van der Waals surface area (Å²) in [6, 6.07) is 15.6. The van der Waals surface area contributed by atoms with Crippen molar-refractivity contribution < 1.29 is 27.5 Å². The molecule has 3 aromatic rings. The first-order valence-corrected chi connectivity index (χ1v) is 13.3. The molecule has 0 spiro atoms. The molecule has 0 radical (unpaired) electrons. The molecule has 0 fully saturated rings. The maximum Gasteiger partial charge on any atom is 0.341 e. The van der Waals surface area contributed by atoms with Gasteiger partial charge in [0, 0.05) is 4.88 Å². The predicted molar refractivity (Wildman–Crippen MR) is 131 cm³/mol. The van der Waals surface area contributed by atoms with E-state index in [1.165, 1.54) is 18.4 Å². The lowest BCUT2D eigenvalue weighted by molar-refractivity contribution is -0.114. The Morgan fingerprint density at radius 1 is 1.03 bits per heavy atom. The van der Waals surface area contributed by atoms with Crippen molar-refractivity contribution in [2.45, 2.75) is 19.3 Å². The van der Waals surface area contributed by atoms with E-state index < -0.39 is 28.4 Å². The zero-order valence-corrected chi connectivity index (χ0v) is 20.4. The highest BCUT2D eigenvalue weighted by atomic mass is 32.2. The molecule has 2 aromatic carbocycles. The van der Waals surface area contributed by atoms with Gasteiger partial charge >= 0.3 is 5.97 Å². The molecule has 0 unspecified atom stereocenters. The van der Waals surface area contributed by atoms with Crippen LogP contribution in [0, 0.1) is 0 Å². The Kier molecular flexibility index (Phi) is 6.90. The second-order valence-electron chi connectivity index (χ2n) is 7.78. The molecule has 34 heavy (non-hydrogen) atoms. The highest BCUT2D eigenvalue weighted by Gasteiger charge is 2.29. The van der Waals surface area contributed by atoms with Crippen LogP contribution in [0.1, 0.15) is 27.2 Å². The van der Waals surface area contributed by atoms with E-state index in [4.69, 9.17) is 9.47 Å². The quantitative estimate of drug-likeness (QED) is 0.465. The first-order valence-electron chi connectivity index (χ1n) is 10.6. The summed E-state index contributed by atoms with van der Waals surface area (Å²) in [5.74, 6) is 0.117. The highest BCUT2D eigenvalue weighted by Crippen LogP contribution is 2.39. The Morgan fingerprint density at radius 3 is 2.35 bits per heavy atom. The van der Waals surface area contributed by atoms with Gasteiger partial charge in [0.05, 0.1) is 24.6 Å². The number of carbonyl (C=O) groups is 2. The fraction of sp³-hybridized carbons (Fsp3) is 0.250. The van der Waals surface area contributed by atoms with Gasteiger partial charge in [-0.05, 0) is 61.2 Å². The van der Waals surface area contributed by atoms with Gasteiger partial charge in [0.25, 0.3) is 0 Å². The molecule has 1 heterocycles. The van der Waals surface area contributed by atoms with Crippen LogP contribution >= 0.6 is 11.3 Å². The first-order chi connectivity index (χ1) is 16.3. The van der Waals surface area contributed by atoms with Crippen molar-refractivity contribution in [3.05, 3.63) is 70.6 Å². The number of para-hydroxylation sites is 1. The number of esters is 1. The van der Waals surface area contributed by atoms with Crippen LogP contribution in [0.25, 0.3) is 0 Å². The summed E-state index contributed by atoms with van der Waals surface area (Å²) >= 11 is 1.34. The van der Waals surface area contributed by atoms with Crippen molar-refractivity contribution in [2.24, 2.45) is 0 Å². The normalized spacial score (nSPS) is 12.6. The van der Waals surface area contributed by atoms with Crippen molar-refractivity contribution >= 4 is 43.9 Å². The number of nitrogens with zero attached hydrogens (tertiary/aromatic N) is 1. The molecular formula is C24H24N2O6S2. The number of hydrogen-bond acceptors (Lipinski definition) is 7. The van der Waals surface area contributed by atoms with Gasteiger partial charge in [-0.15, -0.1) is 11.3 Å². The topological polar surface area (TPSA) is 102 Å². The van der Waals surface area contributed by atoms with Crippen molar-refractivity contribution in [3.63, 3.8) is 0 Å². The Bertz CT molecular complexity index is 1300. The van der Waals surface area contributed by atoms with Gasteiger partial charge in [-0.25, -0.2) is 13.2 Å². The van der Waals surface area contributed by atoms with Crippen LogP contribution in [0.5, 0.6) is 11.5 Å². The summed E-state index contributed by atoms with van der Waals surface area (Å²) in [4.78, 5) is 26.2. The predicted octanol–water partition coefficient (Wildman–Crippen LogP) is 4.22. The number of amides is 1.